The van der Waals surface area contributed by atoms with Gasteiger partial charge in [-0.2, -0.15) is 0 Å². The van der Waals surface area contributed by atoms with Crippen molar-refractivity contribution < 1.29 is 9.50 Å². The molecule has 0 amide bonds. The molecule has 5 heteroatoms. The van der Waals surface area contributed by atoms with E-state index in [1.807, 2.05) is 0 Å². The van der Waals surface area contributed by atoms with Gasteiger partial charge in [-0.15, -0.1) is 11.3 Å². The SMILES string of the molecule is OC(Cc1cncs1)c1cncc(F)c1. The van der Waals surface area contributed by atoms with E-state index in [2.05, 4.69) is 9.97 Å². The van der Waals surface area contributed by atoms with Crippen molar-refractivity contribution in [2.24, 2.45) is 0 Å². The Hall–Kier alpha value is -1.33. The highest BCUT2D eigenvalue weighted by molar-refractivity contribution is 7.09. The second-order valence-electron chi connectivity index (χ2n) is 3.12. The molecule has 2 aromatic rings. The quantitative estimate of drug-likeness (QED) is 0.866. The molecule has 2 heterocycles. The van der Waals surface area contributed by atoms with E-state index < -0.39 is 11.9 Å². The van der Waals surface area contributed by atoms with Crippen LogP contribution in [0.2, 0.25) is 0 Å². The fraction of sp³-hybridized carbons (Fsp3) is 0.200. The van der Waals surface area contributed by atoms with Gasteiger partial charge in [0.2, 0.25) is 0 Å². The maximum atomic E-state index is 12.8. The van der Waals surface area contributed by atoms with Gasteiger partial charge in [0.15, 0.2) is 0 Å². The molecule has 2 aromatic heterocycles. The third-order valence-electron chi connectivity index (χ3n) is 1.99. The lowest BCUT2D eigenvalue weighted by atomic mass is 10.1. The fourth-order valence-electron chi connectivity index (χ4n) is 1.26. The van der Waals surface area contributed by atoms with Gasteiger partial charge in [0.25, 0.3) is 0 Å². The van der Waals surface area contributed by atoms with Crippen LogP contribution in [0.5, 0.6) is 0 Å². The number of hydrogen-bond donors (Lipinski definition) is 1. The van der Waals surface area contributed by atoms with E-state index in [0.29, 0.717) is 12.0 Å². The number of rotatable bonds is 3. The molecule has 0 fully saturated rings. The Morgan fingerprint density at radius 2 is 2.20 bits per heavy atom. The number of hydrogen-bond acceptors (Lipinski definition) is 4. The van der Waals surface area contributed by atoms with Gasteiger partial charge in [0.05, 0.1) is 17.8 Å². The maximum Gasteiger partial charge on any atom is 0.141 e. The minimum Gasteiger partial charge on any atom is -0.388 e. The Kier molecular flexibility index (Phi) is 3.03. The first-order valence-corrected chi connectivity index (χ1v) is 5.29. The highest BCUT2D eigenvalue weighted by atomic mass is 32.1. The molecule has 0 saturated carbocycles. The standard InChI is InChI=1S/C10H9FN2OS/c11-8-1-7(3-12-4-8)10(14)2-9-5-13-6-15-9/h1,3-6,10,14H,2H2. The Labute approximate surface area is 90.3 Å². The summed E-state index contributed by atoms with van der Waals surface area (Å²) in [7, 11) is 0. The molecule has 0 radical (unpaired) electrons. The van der Waals surface area contributed by atoms with E-state index in [0.717, 1.165) is 11.1 Å². The van der Waals surface area contributed by atoms with Gasteiger partial charge in [-0.1, -0.05) is 0 Å². The van der Waals surface area contributed by atoms with Crippen molar-refractivity contribution in [1.82, 2.24) is 9.97 Å². The van der Waals surface area contributed by atoms with E-state index in [1.54, 1.807) is 11.7 Å². The van der Waals surface area contributed by atoms with E-state index in [1.165, 1.54) is 23.6 Å². The van der Waals surface area contributed by atoms with Gasteiger partial charge < -0.3 is 5.11 Å². The molecule has 0 aromatic carbocycles. The molecule has 0 aliphatic rings. The van der Waals surface area contributed by atoms with Crippen LogP contribution >= 0.6 is 11.3 Å². The smallest absolute Gasteiger partial charge is 0.141 e. The predicted molar refractivity (Wildman–Crippen MR) is 55.0 cm³/mol. The van der Waals surface area contributed by atoms with Crippen LogP contribution in [-0.4, -0.2) is 15.1 Å². The lowest BCUT2D eigenvalue weighted by Crippen LogP contribution is -2.01. The number of aliphatic hydroxyl groups excluding tert-OH is 1. The lowest BCUT2D eigenvalue weighted by Gasteiger charge is -2.08. The topological polar surface area (TPSA) is 46.0 Å². The molecule has 3 nitrogen and oxygen atoms in total. The molecule has 0 aliphatic carbocycles. The second-order valence-corrected chi connectivity index (χ2v) is 4.10. The zero-order valence-electron chi connectivity index (χ0n) is 7.80. The molecular weight excluding hydrogens is 215 g/mol. The van der Waals surface area contributed by atoms with Gasteiger partial charge in [-0.3, -0.25) is 9.97 Å². The molecule has 0 bridgehead atoms. The number of halogens is 1. The monoisotopic (exact) mass is 224 g/mol. The summed E-state index contributed by atoms with van der Waals surface area (Å²) in [6, 6.07) is 1.29. The first-order valence-electron chi connectivity index (χ1n) is 4.41. The summed E-state index contributed by atoms with van der Waals surface area (Å²) in [5.41, 5.74) is 2.19. The predicted octanol–water partition coefficient (Wildman–Crippen LogP) is 1.95. The largest absolute Gasteiger partial charge is 0.388 e. The zero-order chi connectivity index (χ0) is 10.7. The van der Waals surface area contributed by atoms with Crippen LogP contribution < -0.4 is 0 Å². The molecule has 15 heavy (non-hydrogen) atoms. The normalized spacial score (nSPS) is 12.7. The Morgan fingerprint density at radius 3 is 2.87 bits per heavy atom. The van der Waals surface area contributed by atoms with E-state index in [-0.39, 0.29) is 0 Å². The molecule has 78 valence electrons. The molecular formula is C10H9FN2OS. The van der Waals surface area contributed by atoms with Crippen LogP contribution in [0.25, 0.3) is 0 Å². The van der Waals surface area contributed by atoms with Crippen LogP contribution in [0, 0.1) is 5.82 Å². The highest BCUT2D eigenvalue weighted by Crippen LogP contribution is 2.19. The zero-order valence-corrected chi connectivity index (χ0v) is 8.62. The van der Waals surface area contributed by atoms with Crippen LogP contribution in [0.3, 0.4) is 0 Å². The minimum atomic E-state index is -0.728. The molecule has 0 aliphatic heterocycles. The van der Waals surface area contributed by atoms with Crippen LogP contribution in [0.15, 0.2) is 30.2 Å². The van der Waals surface area contributed by atoms with E-state index in [4.69, 9.17) is 0 Å². The van der Waals surface area contributed by atoms with Crippen LogP contribution in [0.4, 0.5) is 4.39 Å². The van der Waals surface area contributed by atoms with Crippen LogP contribution in [-0.2, 0) is 6.42 Å². The summed E-state index contributed by atoms with van der Waals surface area (Å²) in [6.45, 7) is 0. The summed E-state index contributed by atoms with van der Waals surface area (Å²) >= 11 is 1.46. The van der Waals surface area contributed by atoms with Gasteiger partial charge in [-0.05, 0) is 6.07 Å². The van der Waals surface area contributed by atoms with Crippen molar-refractivity contribution in [3.63, 3.8) is 0 Å². The van der Waals surface area contributed by atoms with Gasteiger partial charge in [0.1, 0.15) is 5.82 Å². The molecule has 1 unspecified atom stereocenters. The summed E-state index contributed by atoms with van der Waals surface area (Å²) in [4.78, 5) is 8.56. The number of nitrogens with zero attached hydrogens (tertiary/aromatic N) is 2. The lowest BCUT2D eigenvalue weighted by molar-refractivity contribution is 0.178. The van der Waals surface area contributed by atoms with Crippen molar-refractivity contribution in [2.45, 2.75) is 12.5 Å². The number of thiazole rings is 1. The second kappa shape index (κ2) is 4.46. The summed E-state index contributed by atoms with van der Waals surface area (Å²) < 4.78 is 12.8. The maximum absolute atomic E-state index is 12.8. The Balaban J connectivity index is 2.11. The van der Waals surface area contributed by atoms with Crippen LogP contribution in [0.1, 0.15) is 16.5 Å². The van der Waals surface area contributed by atoms with E-state index in [9.17, 15) is 9.50 Å². The highest BCUT2D eigenvalue weighted by Gasteiger charge is 2.10. The van der Waals surface area contributed by atoms with Crippen molar-refractivity contribution >= 4 is 11.3 Å². The summed E-state index contributed by atoms with van der Waals surface area (Å²) in [6.07, 6.45) is 3.99. The summed E-state index contributed by atoms with van der Waals surface area (Å²) in [5.74, 6) is -0.434. The van der Waals surface area contributed by atoms with Crippen molar-refractivity contribution in [2.75, 3.05) is 0 Å². The minimum absolute atomic E-state index is 0.434. The first kappa shape index (κ1) is 10.2. The Bertz CT molecular complexity index is 433. The third kappa shape index (κ3) is 2.57. The van der Waals surface area contributed by atoms with Gasteiger partial charge in [0, 0.05) is 29.3 Å². The van der Waals surface area contributed by atoms with E-state index >= 15 is 0 Å². The molecule has 0 spiro atoms. The van der Waals surface area contributed by atoms with Crippen molar-refractivity contribution in [1.29, 1.82) is 0 Å². The van der Waals surface area contributed by atoms with Gasteiger partial charge in [-0.25, -0.2) is 4.39 Å². The van der Waals surface area contributed by atoms with Gasteiger partial charge >= 0.3 is 0 Å². The number of aliphatic hydroxyl groups is 1. The van der Waals surface area contributed by atoms with Crippen molar-refractivity contribution in [3.8, 4) is 0 Å². The first-order chi connectivity index (χ1) is 7.25. The molecule has 1 atom stereocenters. The average Bonchev–Trinajstić information content (AvgIpc) is 2.70. The third-order valence-corrected chi connectivity index (χ3v) is 2.79. The molecule has 0 saturated heterocycles. The molecule has 1 N–H and O–H groups in total. The number of pyridine rings is 1. The van der Waals surface area contributed by atoms with Crippen molar-refractivity contribution in [3.05, 3.63) is 46.4 Å². The fourth-order valence-corrected chi connectivity index (χ4v) is 1.89. The Morgan fingerprint density at radius 1 is 1.33 bits per heavy atom. The average molecular weight is 224 g/mol. The summed E-state index contributed by atoms with van der Waals surface area (Å²) in [5, 5.41) is 9.79. The molecule has 2 rings (SSSR count). The number of aromatic nitrogens is 2.